The fourth-order valence-corrected chi connectivity index (χ4v) is 2.62. The molecule has 1 unspecified atom stereocenters. The van der Waals surface area contributed by atoms with Crippen molar-refractivity contribution >= 4 is 17.5 Å². The van der Waals surface area contributed by atoms with Gasteiger partial charge in [-0.3, -0.25) is 9.59 Å². The van der Waals surface area contributed by atoms with E-state index in [1.807, 2.05) is 13.8 Å². The van der Waals surface area contributed by atoms with Crippen molar-refractivity contribution in [1.29, 1.82) is 0 Å². The van der Waals surface area contributed by atoms with Crippen molar-refractivity contribution in [3.63, 3.8) is 0 Å². The Hall–Kier alpha value is -2.18. The zero-order valence-corrected chi connectivity index (χ0v) is 13.4. The summed E-state index contributed by atoms with van der Waals surface area (Å²) < 4.78 is 5.71. The summed E-state index contributed by atoms with van der Waals surface area (Å²) in [5, 5.41) is 12.0. The number of ether oxygens (including phenoxy) is 1. The van der Waals surface area contributed by atoms with E-state index in [0.29, 0.717) is 24.3 Å². The molecule has 6 nitrogen and oxygen atoms in total. The van der Waals surface area contributed by atoms with E-state index in [2.05, 4.69) is 11.9 Å². The van der Waals surface area contributed by atoms with E-state index in [1.165, 1.54) is 6.08 Å². The summed E-state index contributed by atoms with van der Waals surface area (Å²) in [7, 11) is 0. The molecule has 1 saturated heterocycles. The van der Waals surface area contributed by atoms with E-state index >= 15 is 0 Å². The van der Waals surface area contributed by atoms with E-state index < -0.39 is 5.60 Å². The van der Waals surface area contributed by atoms with E-state index in [4.69, 9.17) is 4.74 Å². The Bertz CT molecular complexity index is 595. The second-order valence-corrected chi connectivity index (χ2v) is 6.14. The van der Waals surface area contributed by atoms with Gasteiger partial charge in [-0.1, -0.05) is 6.58 Å². The lowest BCUT2D eigenvalue weighted by molar-refractivity contribution is -0.139. The van der Waals surface area contributed by atoms with E-state index in [0.717, 1.165) is 0 Å². The van der Waals surface area contributed by atoms with Gasteiger partial charge in [0.2, 0.25) is 5.91 Å². The molecule has 1 heterocycles. The quantitative estimate of drug-likeness (QED) is 0.823. The molecule has 1 aliphatic rings. The van der Waals surface area contributed by atoms with Crippen LogP contribution in [0.1, 0.15) is 24.2 Å². The van der Waals surface area contributed by atoms with Crippen LogP contribution in [-0.4, -0.2) is 53.2 Å². The standard InChI is InChI=1S/C17H22N2O4/c1-4-15(21)18-13-7-5-12(6-8-13)16(22)19-9-14(10-20)23-17(2,3)11-19/h4-8,14,20H,1,9-11H2,2-3H3,(H,18,21). The van der Waals surface area contributed by atoms with Gasteiger partial charge in [-0.05, 0) is 44.2 Å². The monoisotopic (exact) mass is 318 g/mol. The smallest absolute Gasteiger partial charge is 0.254 e. The molecule has 2 N–H and O–H groups in total. The zero-order valence-electron chi connectivity index (χ0n) is 13.4. The fraction of sp³-hybridized carbons (Fsp3) is 0.412. The molecule has 1 aromatic carbocycles. The highest BCUT2D eigenvalue weighted by molar-refractivity contribution is 5.99. The predicted octanol–water partition coefficient (Wildman–Crippen LogP) is 1.42. The summed E-state index contributed by atoms with van der Waals surface area (Å²) in [6, 6.07) is 6.67. The summed E-state index contributed by atoms with van der Waals surface area (Å²) in [4.78, 5) is 25.6. The first-order valence-corrected chi connectivity index (χ1v) is 7.46. The first-order valence-electron chi connectivity index (χ1n) is 7.46. The molecule has 6 heteroatoms. The molecule has 1 atom stereocenters. The van der Waals surface area contributed by atoms with Gasteiger partial charge >= 0.3 is 0 Å². The summed E-state index contributed by atoms with van der Waals surface area (Å²) in [5.74, 6) is -0.425. The van der Waals surface area contributed by atoms with Crippen LogP contribution in [0.5, 0.6) is 0 Å². The van der Waals surface area contributed by atoms with Crippen molar-refractivity contribution < 1.29 is 19.4 Å². The Morgan fingerprint density at radius 1 is 1.43 bits per heavy atom. The van der Waals surface area contributed by atoms with Crippen LogP contribution in [-0.2, 0) is 9.53 Å². The normalized spacial score (nSPS) is 20.0. The lowest BCUT2D eigenvalue weighted by Gasteiger charge is -2.42. The molecular formula is C17H22N2O4. The third-order valence-electron chi connectivity index (χ3n) is 3.56. The Morgan fingerprint density at radius 3 is 2.65 bits per heavy atom. The summed E-state index contributed by atoms with van der Waals surface area (Å²) >= 11 is 0. The van der Waals surface area contributed by atoms with Crippen LogP contribution in [0.2, 0.25) is 0 Å². The molecule has 0 aromatic heterocycles. The predicted molar refractivity (Wildman–Crippen MR) is 87.2 cm³/mol. The number of benzene rings is 1. The second-order valence-electron chi connectivity index (χ2n) is 6.14. The highest BCUT2D eigenvalue weighted by Gasteiger charge is 2.35. The third kappa shape index (κ3) is 4.40. The Morgan fingerprint density at radius 2 is 2.09 bits per heavy atom. The molecule has 0 saturated carbocycles. The molecule has 0 aliphatic carbocycles. The molecule has 0 radical (unpaired) electrons. The van der Waals surface area contributed by atoms with Crippen LogP contribution in [0.15, 0.2) is 36.9 Å². The minimum absolute atomic E-state index is 0.124. The molecule has 124 valence electrons. The van der Waals surface area contributed by atoms with Crippen molar-refractivity contribution in [3.05, 3.63) is 42.5 Å². The molecule has 23 heavy (non-hydrogen) atoms. The van der Waals surface area contributed by atoms with E-state index in [1.54, 1.807) is 29.2 Å². The number of hydrogen-bond donors (Lipinski definition) is 2. The molecule has 0 spiro atoms. The Kier molecular flexibility index (Phi) is 5.18. The minimum atomic E-state index is -0.501. The minimum Gasteiger partial charge on any atom is -0.394 e. The number of amides is 2. The van der Waals surface area contributed by atoms with Crippen LogP contribution >= 0.6 is 0 Å². The van der Waals surface area contributed by atoms with Crippen LogP contribution in [0, 0.1) is 0 Å². The molecule has 2 rings (SSSR count). The average Bonchev–Trinajstić information content (AvgIpc) is 2.53. The number of anilines is 1. The van der Waals surface area contributed by atoms with Gasteiger partial charge in [0.1, 0.15) is 0 Å². The van der Waals surface area contributed by atoms with Gasteiger partial charge in [-0.15, -0.1) is 0 Å². The lowest BCUT2D eigenvalue weighted by atomic mass is 10.0. The first kappa shape index (κ1) is 17.2. The highest BCUT2D eigenvalue weighted by Crippen LogP contribution is 2.23. The van der Waals surface area contributed by atoms with Crippen LogP contribution in [0.25, 0.3) is 0 Å². The number of nitrogens with zero attached hydrogens (tertiary/aromatic N) is 1. The molecule has 1 aromatic rings. The van der Waals surface area contributed by atoms with Crippen molar-refractivity contribution in [2.45, 2.75) is 25.6 Å². The summed E-state index contributed by atoms with van der Waals surface area (Å²) in [6.45, 7) is 7.86. The number of carbonyl (C=O) groups is 2. The average molecular weight is 318 g/mol. The Labute approximate surface area is 135 Å². The second kappa shape index (κ2) is 6.93. The number of morpholine rings is 1. The number of carbonyl (C=O) groups excluding carboxylic acids is 2. The van der Waals surface area contributed by atoms with Crippen molar-refractivity contribution in [1.82, 2.24) is 4.90 Å². The van der Waals surface area contributed by atoms with Crippen molar-refractivity contribution in [2.75, 3.05) is 25.0 Å². The van der Waals surface area contributed by atoms with Crippen molar-refractivity contribution in [2.24, 2.45) is 0 Å². The van der Waals surface area contributed by atoms with Gasteiger partial charge < -0.3 is 20.1 Å². The number of hydrogen-bond acceptors (Lipinski definition) is 4. The maximum absolute atomic E-state index is 12.6. The number of rotatable bonds is 4. The van der Waals surface area contributed by atoms with Crippen LogP contribution < -0.4 is 5.32 Å². The number of aliphatic hydroxyl groups is 1. The Balaban J connectivity index is 2.10. The summed E-state index contributed by atoms with van der Waals surface area (Å²) in [5.41, 5.74) is 0.622. The van der Waals surface area contributed by atoms with Gasteiger partial charge in [0.25, 0.3) is 5.91 Å². The van der Waals surface area contributed by atoms with Gasteiger partial charge in [0.05, 0.1) is 18.3 Å². The van der Waals surface area contributed by atoms with Crippen LogP contribution in [0.3, 0.4) is 0 Å². The SMILES string of the molecule is C=CC(=O)Nc1ccc(C(=O)N2CC(CO)OC(C)(C)C2)cc1. The topological polar surface area (TPSA) is 78.9 Å². The fourth-order valence-electron chi connectivity index (χ4n) is 2.62. The third-order valence-corrected chi connectivity index (χ3v) is 3.56. The van der Waals surface area contributed by atoms with E-state index in [-0.39, 0.29) is 24.5 Å². The highest BCUT2D eigenvalue weighted by atomic mass is 16.5. The number of aliphatic hydroxyl groups excluding tert-OH is 1. The molecular weight excluding hydrogens is 296 g/mol. The first-order chi connectivity index (χ1) is 10.8. The molecule has 0 bridgehead atoms. The van der Waals surface area contributed by atoms with E-state index in [9.17, 15) is 14.7 Å². The molecule has 2 amide bonds. The van der Waals surface area contributed by atoms with Gasteiger partial charge in [-0.2, -0.15) is 0 Å². The lowest BCUT2D eigenvalue weighted by Crippen LogP contribution is -2.55. The van der Waals surface area contributed by atoms with Crippen molar-refractivity contribution in [3.8, 4) is 0 Å². The number of nitrogens with one attached hydrogen (secondary N) is 1. The molecule has 1 fully saturated rings. The van der Waals surface area contributed by atoms with Gasteiger partial charge in [-0.25, -0.2) is 0 Å². The zero-order chi connectivity index (χ0) is 17.0. The maximum atomic E-state index is 12.6. The summed E-state index contributed by atoms with van der Waals surface area (Å²) in [6.07, 6.45) is 0.804. The van der Waals surface area contributed by atoms with Gasteiger partial charge in [0, 0.05) is 24.3 Å². The van der Waals surface area contributed by atoms with Gasteiger partial charge in [0.15, 0.2) is 0 Å². The van der Waals surface area contributed by atoms with Crippen LogP contribution in [0.4, 0.5) is 5.69 Å². The maximum Gasteiger partial charge on any atom is 0.254 e. The molecule has 1 aliphatic heterocycles. The largest absolute Gasteiger partial charge is 0.394 e.